The topological polar surface area (TPSA) is 45.4 Å². The molecule has 2 heterocycles. The average molecular weight is 248 g/mol. The predicted octanol–water partition coefficient (Wildman–Crippen LogP) is 1.46. The van der Waals surface area contributed by atoms with Crippen LogP contribution in [0.2, 0.25) is 0 Å². The molecule has 2 N–H and O–H groups in total. The van der Waals surface area contributed by atoms with Gasteiger partial charge in [-0.2, -0.15) is 0 Å². The van der Waals surface area contributed by atoms with Gasteiger partial charge in [0, 0.05) is 45.0 Å². The van der Waals surface area contributed by atoms with E-state index in [1.807, 2.05) is 6.20 Å². The van der Waals surface area contributed by atoms with E-state index < -0.39 is 0 Å². The maximum absolute atomic E-state index is 5.58. The van der Waals surface area contributed by atoms with Crippen LogP contribution < -0.4 is 10.6 Å². The van der Waals surface area contributed by atoms with Crippen molar-refractivity contribution in [2.75, 3.05) is 31.1 Å². The van der Waals surface area contributed by atoms with E-state index in [0.717, 1.165) is 37.6 Å². The largest absolute Gasteiger partial charge is 0.354 e. The molecule has 100 valence electrons. The van der Waals surface area contributed by atoms with E-state index >= 15 is 0 Å². The van der Waals surface area contributed by atoms with Crippen LogP contribution in [0.1, 0.15) is 25.8 Å². The molecule has 1 unspecified atom stereocenters. The van der Waals surface area contributed by atoms with Crippen molar-refractivity contribution >= 4 is 5.82 Å². The van der Waals surface area contributed by atoms with E-state index in [1.54, 1.807) is 0 Å². The standard InChI is InChI=1S/C14H24N4/c1-3-12(2)17-6-8-18(9-7-17)14-5-4-13(10-15)11-16-14/h4-5,11-12H,3,6-10,15H2,1-2H3. The monoisotopic (exact) mass is 248 g/mol. The van der Waals surface area contributed by atoms with Gasteiger partial charge >= 0.3 is 0 Å². The molecule has 0 saturated carbocycles. The van der Waals surface area contributed by atoms with Crippen LogP contribution >= 0.6 is 0 Å². The van der Waals surface area contributed by atoms with Gasteiger partial charge in [-0.05, 0) is 25.0 Å². The first kappa shape index (κ1) is 13.3. The third kappa shape index (κ3) is 3.00. The first-order valence-electron chi connectivity index (χ1n) is 6.88. The van der Waals surface area contributed by atoms with Crippen LogP contribution in [0.5, 0.6) is 0 Å². The number of rotatable bonds is 4. The number of hydrogen-bond donors (Lipinski definition) is 1. The summed E-state index contributed by atoms with van der Waals surface area (Å²) < 4.78 is 0. The summed E-state index contributed by atoms with van der Waals surface area (Å²) in [5.74, 6) is 1.08. The Morgan fingerprint density at radius 2 is 2.00 bits per heavy atom. The maximum Gasteiger partial charge on any atom is 0.128 e. The third-order valence-electron chi connectivity index (χ3n) is 3.90. The Bertz CT molecular complexity index is 355. The summed E-state index contributed by atoms with van der Waals surface area (Å²) in [5.41, 5.74) is 6.68. The lowest BCUT2D eigenvalue weighted by Gasteiger charge is -2.38. The summed E-state index contributed by atoms with van der Waals surface area (Å²) in [5, 5.41) is 0. The summed E-state index contributed by atoms with van der Waals surface area (Å²) in [7, 11) is 0. The number of nitrogens with two attached hydrogens (primary N) is 1. The molecule has 18 heavy (non-hydrogen) atoms. The van der Waals surface area contributed by atoms with Crippen molar-refractivity contribution in [2.24, 2.45) is 5.73 Å². The van der Waals surface area contributed by atoms with Crippen LogP contribution in [0.3, 0.4) is 0 Å². The molecule has 1 aromatic heterocycles. The van der Waals surface area contributed by atoms with Crippen LogP contribution in [-0.2, 0) is 6.54 Å². The fourth-order valence-corrected chi connectivity index (χ4v) is 2.37. The highest BCUT2D eigenvalue weighted by Gasteiger charge is 2.20. The van der Waals surface area contributed by atoms with Crippen LogP contribution in [0.4, 0.5) is 5.82 Å². The molecule has 1 saturated heterocycles. The van der Waals surface area contributed by atoms with E-state index in [-0.39, 0.29) is 0 Å². The lowest BCUT2D eigenvalue weighted by Crippen LogP contribution is -2.49. The molecule has 4 nitrogen and oxygen atoms in total. The average Bonchev–Trinajstić information content (AvgIpc) is 2.47. The molecule has 0 aromatic carbocycles. The van der Waals surface area contributed by atoms with E-state index in [9.17, 15) is 0 Å². The summed E-state index contributed by atoms with van der Waals surface area (Å²) in [6.07, 6.45) is 3.11. The highest BCUT2D eigenvalue weighted by molar-refractivity contribution is 5.39. The minimum atomic E-state index is 0.565. The number of pyridine rings is 1. The molecule has 0 spiro atoms. The minimum absolute atomic E-state index is 0.565. The van der Waals surface area contributed by atoms with Crippen LogP contribution in [0, 0.1) is 0 Å². The summed E-state index contributed by atoms with van der Waals surface area (Å²) in [6, 6.07) is 4.85. The number of nitrogens with zero attached hydrogens (tertiary/aromatic N) is 3. The van der Waals surface area contributed by atoms with Gasteiger partial charge in [-0.15, -0.1) is 0 Å². The Kier molecular flexibility index (Phi) is 4.55. The van der Waals surface area contributed by atoms with E-state index in [0.29, 0.717) is 12.6 Å². The minimum Gasteiger partial charge on any atom is -0.354 e. The molecule has 1 aliphatic rings. The SMILES string of the molecule is CCC(C)N1CCN(c2ccc(CN)cn2)CC1. The van der Waals surface area contributed by atoms with E-state index in [4.69, 9.17) is 5.73 Å². The molecule has 4 heteroatoms. The molecule has 0 radical (unpaired) electrons. The van der Waals surface area contributed by atoms with Crippen LogP contribution in [0.25, 0.3) is 0 Å². The lowest BCUT2D eigenvalue weighted by molar-refractivity contribution is 0.192. The van der Waals surface area contributed by atoms with Gasteiger partial charge in [0.2, 0.25) is 0 Å². The molecule has 1 aliphatic heterocycles. The van der Waals surface area contributed by atoms with Gasteiger partial charge in [0.05, 0.1) is 0 Å². The Hall–Kier alpha value is -1.13. The molecular formula is C14H24N4. The molecule has 1 aromatic rings. The normalized spacial score (nSPS) is 18.9. The molecule has 0 bridgehead atoms. The fraction of sp³-hybridized carbons (Fsp3) is 0.643. The van der Waals surface area contributed by atoms with Crippen molar-refractivity contribution in [1.82, 2.24) is 9.88 Å². The highest BCUT2D eigenvalue weighted by Crippen LogP contribution is 2.15. The third-order valence-corrected chi connectivity index (χ3v) is 3.90. The van der Waals surface area contributed by atoms with Gasteiger partial charge in [0.1, 0.15) is 5.82 Å². The lowest BCUT2D eigenvalue weighted by atomic mass is 10.2. The number of hydrogen-bond acceptors (Lipinski definition) is 4. The first-order valence-corrected chi connectivity index (χ1v) is 6.88. The van der Waals surface area contributed by atoms with Crippen LogP contribution in [0.15, 0.2) is 18.3 Å². The Balaban J connectivity index is 1.92. The maximum atomic E-state index is 5.58. The molecule has 1 atom stereocenters. The number of piperazine rings is 1. The summed E-state index contributed by atoms with van der Waals surface area (Å²) >= 11 is 0. The molecule has 0 aliphatic carbocycles. The molecular weight excluding hydrogens is 224 g/mol. The Labute approximate surface area is 110 Å². The Morgan fingerprint density at radius 1 is 1.28 bits per heavy atom. The van der Waals surface area contributed by atoms with Crippen molar-refractivity contribution in [1.29, 1.82) is 0 Å². The van der Waals surface area contributed by atoms with Gasteiger partial charge in [0.25, 0.3) is 0 Å². The summed E-state index contributed by atoms with van der Waals surface area (Å²) in [4.78, 5) is 9.41. The second-order valence-corrected chi connectivity index (χ2v) is 5.01. The Morgan fingerprint density at radius 3 is 2.50 bits per heavy atom. The molecule has 1 fully saturated rings. The second kappa shape index (κ2) is 6.16. The molecule has 2 rings (SSSR count). The number of aromatic nitrogens is 1. The fourth-order valence-electron chi connectivity index (χ4n) is 2.37. The van der Waals surface area contributed by atoms with Gasteiger partial charge in [-0.1, -0.05) is 13.0 Å². The zero-order valence-electron chi connectivity index (χ0n) is 11.5. The van der Waals surface area contributed by atoms with Crippen molar-refractivity contribution < 1.29 is 0 Å². The van der Waals surface area contributed by atoms with Crippen molar-refractivity contribution in [3.8, 4) is 0 Å². The van der Waals surface area contributed by atoms with Gasteiger partial charge < -0.3 is 10.6 Å². The first-order chi connectivity index (χ1) is 8.74. The quantitative estimate of drug-likeness (QED) is 0.876. The predicted molar refractivity (Wildman–Crippen MR) is 75.7 cm³/mol. The smallest absolute Gasteiger partial charge is 0.128 e. The van der Waals surface area contributed by atoms with Crippen molar-refractivity contribution in [2.45, 2.75) is 32.9 Å². The van der Waals surface area contributed by atoms with E-state index in [1.165, 1.54) is 6.42 Å². The van der Waals surface area contributed by atoms with Gasteiger partial charge in [-0.25, -0.2) is 4.98 Å². The zero-order chi connectivity index (χ0) is 13.0. The van der Waals surface area contributed by atoms with Crippen molar-refractivity contribution in [3.63, 3.8) is 0 Å². The second-order valence-electron chi connectivity index (χ2n) is 5.01. The van der Waals surface area contributed by atoms with E-state index in [2.05, 4.69) is 40.8 Å². The number of anilines is 1. The zero-order valence-corrected chi connectivity index (χ0v) is 11.5. The van der Waals surface area contributed by atoms with Gasteiger partial charge in [0.15, 0.2) is 0 Å². The van der Waals surface area contributed by atoms with Crippen LogP contribution in [-0.4, -0.2) is 42.1 Å². The van der Waals surface area contributed by atoms with Crippen molar-refractivity contribution in [3.05, 3.63) is 23.9 Å². The summed E-state index contributed by atoms with van der Waals surface area (Å²) in [6.45, 7) is 9.53. The molecule has 0 amide bonds. The van der Waals surface area contributed by atoms with Gasteiger partial charge in [-0.3, -0.25) is 4.90 Å². The highest BCUT2D eigenvalue weighted by atomic mass is 15.3.